The maximum Gasteiger partial charge on any atom is 0.343 e. The molecule has 3 aromatic rings. The average Bonchev–Trinajstić information content (AvgIpc) is 2.81. The number of nitrogens with one attached hydrogen (secondary N) is 2. The maximum absolute atomic E-state index is 12.6. The Labute approximate surface area is 198 Å². The molecule has 0 aliphatic carbocycles. The number of nitrogens with zero attached hydrogens (tertiary/aromatic N) is 1. The van der Waals surface area contributed by atoms with Gasteiger partial charge in [0.05, 0.1) is 18.9 Å². The van der Waals surface area contributed by atoms with Crippen LogP contribution in [-0.2, 0) is 9.59 Å². The second-order valence-electron chi connectivity index (χ2n) is 6.77. The number of ether oxygens (including phenoxy) is 2. The smallest absolute Gasteiger partial charge is 0.343 e. The lowest BCUT2D eigenvalue weighted by molar-refractivity contribution is -0.136. The van der Waals surface area contributed by atoms with Crippen LogP contribution < -0.4 is 20.2 Å². The van der Waals surface area contributed by atoms with Gasteiger partial charge >= 0.3 is 17.8 Å². The summed E-state index contributed by atoms with van der Waals surface area (Å²) in [4.78, 5) is 36.7. The van der Waals surface area contributed by atoms with Gasteiger partial charge in [-0.25, -0.2) is 10.2 Å². The Morgan fingerprint density at radius 2 is 1.76 bits per heavy atom. The summed E-state index contributed by atoms with van der Waals surface area (Å²) in [6.45, 7) is 1.81. The Balaban J connectivity index is 1.67. The third kappa shape index (κ3) is 6.50. The standard InChI is InChI=1S/C24H20BrN3O5/c1-15-6-3-4-9-20(15)24(31)33-21-11-10-17(25)12-16(21)14-26-28-23(30)22(29)27-18-7-5-8-19(13-18)32-2/h3-14H,1-2H3,(H,27,29)(H,28,30)/b26-14-. The van der Waals surface area contributed by atoms with Gasteiger partial charge in [0.2, 0.25) is 0 Å². The zero-order valence-electron chi connectivity index (χ0n) is 17.8. The van der Waals surface area contributed by atoms with Crippen molar-refractivity contribution in [1.29, 1.82) is 0 Å². The molecule has 0 radical (unpaired) electrons. The SMILES string of the molecule is COc1cccc(NC(=O)C(=O)N/N=C\c2cc(Br)ccc2OC(=O)c2ccccc2C)c1. The van der Waals surface area contributed by atoms with E-state index in [1.807, 2.05) is 19.1 Å². The molecule has 0 aliphatic heterocycles. The van der Waals surface area contributed by atoms with Crippen molar-refractivity contribution in [3.63, 3.8) is 0 Å². The van der Waals surface area contributed by atoms with E-state index >= 15 is 0 Å². The van der Waals surface area contributed by atoms with Gasteiger partial charge in [-0.2, -0.15) is 5.10 Å². The highest BCUT2D eigenvalue weighted by Crippen LogP contribution is 2.23. The summed E-state index contributed by atoms with van der Waals surface area (Å²) < 4.78 is 11.3. The van der Waals surface area contributed by atoms with Crippen LogP contribution >= 0.6 is 15.9 Å². The van der Waals surface area contributed by atoms with Crippen LogP contribution in [-0.4, -0.2) is 31.1 Å². The van der Waals surface area contributed by atoms with Gasteiger partial charge in [0.25, 0.3) is 0 Å². The van der Waals surface area contributed by atoms with Crippen molar-refractivity contribution in [2.45, 2.75) is 6.92 Å². The number of hydrogen-bond acceptors (Lipinski definition) is 6. The molecular formula is C24H20BrN3O5. The second-order valence-corrected chi connectivity index (χ2v) is 7.69. The predicted octanol–water partition coefficient (Wildman–Crippen LogP) is 4.07. The van der Waals surface area contributed by atoms with Crippen molar-refractivity contribution >= 4 is 45.6 Å². The summed E-state index contributed by atoms with van der Waals surface area (Å²) in [5.74, 6) is -1.62. The number of anilines is 1. The summed E-state index contributed by atoms with van der Waals surface area (Å²) in [7, 11) is 1.50. The first-order valence-electron chi connectivity index (χ1n) is 9.73. The fourth-order valence-corrected chi connectivity index (χ4v) is 3.15. The number of aryl methyl sites for hydroxylation is 1. The molecule has 0 spiro atoms. The monoisotopic (exact) mass is 509 g/mol. The average molecular weight is 510 g/mol. The van der Waals surface area contributed by atoms with Crippen LogP contribution in [0.2, 0.25) is 0 Å². The fraction of sp³-hybridized carbons (Fsp3) is 0.0833. The lowest BCUT2D eigenvalue weighted by atomic mass is 10.1. The van der Waals surface area contributed by atoms with Crippen LogP contribution in [0.15, 0.2) is 76.3 Å². The lowest BCUT2D eigenvalue weighted by Crippen LogP contribution is -2.32. The highest BCUT2D eigenvalue weighted by atomic mass is 79.9. The van der Waals surface area contributed by atoms with E-state index in [9.17, 15) is 14.4 Å². The molecule has 0 saturated heterocycles. The van der Waals surface area contributed by atoms with Crippen molar-refractivity contribution in [3.8, 4) is 11.5 Å². The molecule has 9 heteroatoms. The maximum atomic E-state index is 12.6. The molecule has 0 atom stereocenters. The van der Waals surface area contributed by atoms with Crippen molar-refractivity contribution in [2.24, 2.45) is 5.10 Å². The van der Waals surface area contributed by atoms with Crippen molar-refractivity contribution in [3.05, 3.63) is 87.9 Å². The molecule has 3 aromatic carbocycles. The van der Waals surface area contributed by atoms with E-state index in [1.54, 1.807) is 54.6 Å². The Hall–Kier alpha value is -3.98. The van der Waals surface area contributed by atoms with Crippen molar-refractivity contribution in [2.75, 3.05) is 12.4 Å². The first kappa shape index (κ1) is 23.7. The summed E-state index contributed by atoms with van der Waals surface area (Å²) in [5.41, 5.74) is 4.19. The van der Waals surface area contributed by atoms with Gasteiger partial charge in [-0.15, -0.1) is 0 Å². The predicted molar refractivity (Wildman–Crippen MR) is 128 cm³/mol. The second kappa shape index (κ2) is 11.1. The number of hydrazone groups is 1. The number of amides is 2. The van der Waals surface area contributed by atoms with E-state index in [0.29, 0.717) is 27.0 Å². The fourth-order valence-electron chi connectivity index (χ4n) is 2.77. The van der Waals surface area contributed by atoms with Crippen LogP contribution in [0.1, 0.15) is 21.5 Å². The van der Waals surface area contributed by atoms with Crippen LogP contribution in [0.4, 0.5) is 5.69 Å². The molecule has 0 bridgehead atoms. The molecular weight excluding hydrogens is 490 g/mol. The number of carbonyl (C=O) groups excluding carboxylic acids is 3. The normalized spacial score (nSPS) is 10.5. The van der Waals surface area contributed by atoms with E-state index in [1.165, 1.54) is 13.3 Å². The minimum atomic E-state index is -0.970. The molecule has 0 aliphatic rings. The van der Waals surface area contributed by atoms with Gasteiger partial charge in [0.15, 0.2) is 0 Å². The first-order chi connectivity index (χ1) is 15.9. The molecule has 0 saturated carbocycles. The van der Waals surface area contributed by atoms with E-state index in [2.05, 4.69) is 31.8 Å². The van der Waals surface area contributed by atoms with Crippen LogP contribution in [0.5, 0.6) is 11.5 Å². The summed E-state index contributed by atoms with van der Waals surface area (Å²) in [6, 6.07) is 18.6. The third-order valence-electron chi connectivity index (χ3n) is 4.44. The molecule has 0 fully saturated rings. The summed E-state index contributed by atoms with van der Waals surface area (Å²) in [6.07, 6.45) is 1.28. The summed E-state index contributed by atoms with van der Waals surface area (Å²) in [5, 5.41) is 6.27. The van der Waals surface area contributed by atoms with E-state index in [4.69, 9.17) is 9.47 Å². The number of hydrogen-bond donors (Lipinski definition) is 2. The molecule has 8 nitrogen and oxygen atoms in total. The lowest BCUT2D eigenvalue weighted by Gasteiger charge is -2.09. The molecule has 168 valence electrons. The third-order valence-corrected chi connectivity index (χ3v) is 4.94. The topological polar surface area (TPSA) is 106 Å². The molecule has 33 heavy (non-hydrogen) atoms. The van der Waals surface area contributed by atoms with Crippen LogP contribution in [0.3, 0.4) is 0 Å². The number of methoxy groups -OCH3 is 1. The molecule has 3 rings (SSSR count). The first-order valence-corrected chi connectivity index (χ1v) is 10.5. The number of halogens is 1. The minimum absolute atomic E-state index is 0.241. The Morgan fingerprint density at radius 1 is 0.970 bits per heavy atom. The largest absolute Gasteiger partial charge is 0.497 e. The Bertz CT molecular complexity index is 1230. The number of benzene rings is 3. The zero-order valence-corrected chi connectivity index (χ0v) is 19.4. The minimum Gasteiger partial charge on any atom is -0.497 e. The summed E-state index contributed by atoms with van der Waals surface area (Å²) >= 11 is 3.35. The Kier molecular flexibility index (Phi) is 7.93. The van der Waals surface area contributed by atoms with Gasteiger partial charge in [-0.05, 0) is 48.9 Å². The van der Waals surface area contributed by atoms with Gasteiger partial charge in [-0.3, -0.25) is 9.59 Å². The van der Waals surface area contributed by atoms with Gasteiger partial charge in [0.1, 0.15) is 11.5 Å². The molecule has 0 heterocycles. The van der Waals surface area contributed by atoms with Gasteiger partial charge in [-0.1, -0.05) is 40.2 Å². The van der Waals surface area contributed by atoms with E-state index < -0.39 is 17.8 Å². The highest BCUT2D eigenvalue weighted by Gasteiger charge is 2.15. The molecule has 0 aromatic heterocycles. The Morgan fingerprint density at radius 3 is 2.52 bits per heavy atom. The molecule has 2 N–H and O–H groups in total. The van der Waals surface area contributed by atoms with Crippen molar-refractivity contribution in [1.82, 2.24) is 5.43 Å². The van der Waals surface area contributed by atoms with Crippen LogP contribution in [0.25, 0.3) is 0 Å². The quantitative estimate of drug-likeness (QED) is 0.171. The van der Waals surface area contributed by atoms with Gasteiger partial charge in [0, 0.05) is 21.8 Å². The van der Waals surface area contributed by atoms with E-state index in [0.717, 1.165) is 5.56 Å². The molecule has 2 amide bonds. The van der Waals surface area contributed by atoms with Crippen molar-refractivity contribution < 1.29 is 23.9 Å². The number of esters is 1. The number of rotatable bonds is 6. The van der Waals surface area contributed by atoms with Gasteiger partial charge < -0.3 is 14.8 Å². The van der Waals surface area contributed by atoms with Crippen LogP contribution in [0, 0.1) is 6.92 Å². The zero-order chi connectivity index (χ0) is 23.8. The number of carbonyl (C=O) groups is 3. The van der Waals surface area contributed by atoms with E-state index in [-0.39, 0.29) is 5.75 Å². The highest BCUT2D eigenvalue weighted by molar-refractivity contribution is 9.10. The molecule has 0 unspecified atom stereocenters.